The Morgan fingerprint density at radius 2 is 2.20 bits per heavy atom. The van der Waals surface area contributed by atoms with Crippen molar-refractivity contribution >= 4 is 28.7 Å². The Hall–Kier alpha value is -1.69. The average molecular weight is 362 g/mol. The number of likely N-dealkylation sites (tertiary alicyclic amines) is 1. The molecule has 25 heavy (non-hydrogen) atoms. The fourth-order valence-electron chi connectivity index (χ4n) is 3.33. The maximum absolute atomic E-state index is 13.1. The van der Waals surface area contributed by atoms with Crippen LogP contribution in [0.25, 0.3) is 11.0 Å². The zero-order valence-electron chi connectivity index (χ0n) is 15.4. The molecule has 1 saturated heterocycles. The van der Waals surface area contributed by atoms with E-state index in [1.165, 1.54) is 6.42 Å². The molecule has 1 amide bonds. The van der Waals surface area contributed by atoms with Gasteiger partial charge in [0.2, 0.25) is 5.91 Å². The van der Waals surface area contributed by atoms with Gasteiger partial charge in [0.15, 0.2) is 5.16 Å². The summed E-state index contributed by atoms with van der Waals surface area (Å²) in [5, 5.41) is 0.669. The van der Waals surface area contributed by atoms with Gasteiger partial charge in [0, 0.05) is 18.7 Å². The van der Waals surface area contributed by atoms with Crippen LogP contribution >= 0.6 is 11.8 Å². The molecular formula is C19H27N3O2S. The molecule has 3 rings (SSSR count). The first-order valence-corrected chi connectivity index (χ1v) is 9.88. The average Bonchev–Trinajstić information content (AvgIpc) is 3.00. The van der Waals surface area contributed by atoms with Crippen LogP contribution in [0.1, 0.15) is 40.0 Å². The molecule has 6 heteroatoms. The molecule has 1 fully saturated rings. The Morgan fingerprint density at radius 3 is 2.88 bits per heavy atom. The van der Waals surface area contributed by atoms with E-state index in [4.69, 9.17) is 4.74 Å². The maximum Gasteiger partial charge on any atom is 0.236 e. The molecular weight excluding hydrogens is 334 g/mol. The zero-order valence-corrected chi connectivity index (χ0v) is 16.2. The van der Waals surface area contributed by atoms with E-state index >= 15 is 0 Å². The number of rotatable bonds is 5. The smallest absolute Gasteiger partial charge is 0.236 e. The molecule has 1 N–H and O–H groups in total. The number of H-pyrrole nitrogens is 1. The normalized spacial score (nSPS) is 19.4. The van der Waals surface area contributed by atoms with Gasteiger partial charge in [0.25, 0.3) is 0 Å². The summed E-state index contributed by atoms with van der Waals surface area (Å²) in [6, 6.07) is 6.11. The van der Waals surface area contributed by atoms with Crippen LogP contribution in [0.5, 0.6) is 5.75 Å². The lowest BCUT2D eigenvalue weighted by atomic mass is 10.0. The van der Waals surface area contributed by atoms with E-state index in [9.17, 15) is 4.79 Å². The van der Waals surface area contributed by atoms with Crippen molar-refractivity contribution in [3.8, 4) is 5.75 Å². The minimum atomic E-state index is -0.122. The van der Waals surface area contributed by atoms with Crippen LogP contribution < -0.4 is 4.74 Å². The van der Waals surface area contributed by atoms with Crippen molar-refractivity contribution in [1.29, 1.82) is 0 Å². The molecule has 0 bridgehead atoms. The zero-order chi connectivity index (χ0) is 18.0. The van der Waals surface area contributed by atoms with Crippen molar-refractivity contribution in [2.45, 2.75) is 56.5 Å². The number of piperidine rings is 1. The van der Waals surface area contributed by atoms with Gasteiger partial charge in [-0.25, -0.2) is 4.98 Å². The SMILES string of the molecule is COc1ccc2nc(S[C@@H](C(=O)N3CCCC[C@H]3C)C(C)C)[nH]c2c1. The third-order valence-corrected chi connectivity index (χ3v) is 6.26. The van der Waals surface area contributed by atoms with Crippen LogP contribution in [0, 0.1) is 5.92 Å². The number of aromatic amines is 1. The van der Waals surface area contributed by atoms with Gasteiger partial charge >= 0.3 is 0 Å². The summed E-state index contributed by atoms with van der Waals surface area (Å²) in [6.07, 6.45) is 3.43. The maximum atomic E-state index is 13.1. The lowest BCUT2D eigenvalue weighted by molar-refractivity contribution is -0.134. The van der Waals surface area contributed by atoms with Crippen molar-refractivity contribution in [3.05, 3.63) is 18.2 Å². The van der Waals surface area contributed by atoms with E-state index in [-0.39, 0.29) is 17.1 Å². The predicted molar refractivity (Wildman–Crippen MR) is 102 cm³/mol. The molecule has 0 radical (unpaired) electrons. The number of hydrogen-bond donors (Lipinski definition) is 1. The minimum absolute atomic E-state index is 0.122. The number of fused-ring (bicyclic) bond motifs is 1. The van der Waals surface area contributed by atoms with Crippen LogP contribution in [0.4, 0.5) is 0 Å². The van der Waals surface area contributed by atoms with Crippen LogP contribution in [0.15, 0.2) is 23.4 Å². The number of imidazole rings is 1. The fourth-order valence-corrected chi connectivity index (χ4v) is 4.40. The number of benzene rings is 1. The second kappa shape index (κ2) is 7.68. The molecule has 2 aromatic rings. The van der Waals surface area contributed by atoms with Crippen LogP contribution in [0.2, 0.25) is 0 Å². The summed E-state index contributed by atoms with van der Waals surface area (Å²) in [5.41, 5.74) is 1.83. The molecule has 0 aliphatic carbocycles. The van der Waals surface area contributed by atoms with E-state index in [1.807, 2.05) is 18.2 Å². The van der Waals surface area contributed by atoms with Crippen molar-refractivity contribution in [3.63, 3.8) is 0 Å². The molecule has 1 aliphatic rings. The highest BCUT2D eigenvalue weighted by Gasteiger charge is 2.32. The molecule has 5 nitrogen and oxygen atoms in total. The van der Waals surface area contributed by atoms with Gasteiger partial charge in [-0.15, -0.1) is 0 Å². The number of nitrogens with one attached hydrogen (secondary N) is 1. The number of carbonyl (C=O) groups is 1. The van der Waals surface area contributed by atoms with Gasteiger partial charge in [0.1, 0.15) is 5.75 Å². The van der Waals surface area contributed by atoms with Crippen molar-refractivity contribution in [1.82, 2.24) is 14.9 Å². The Bertz CT molecular complexity index is 743. The molecule has 2 atom stereocenters. The van der Waals surface area contributed by atoms with E-state index < -0.39 is 0 Å². The summed E-state index contributed by atoms with van der Waals surface area (Å²) in [4.78, 5) is 23.1. The van der Waals surface area contributed by atoms with Crippen LogP contribution in [-0.2, 0) is 4.79 Å². The number of thioether (sulfide) groups is 1. The number of ether oxygens (including phenoxy) is 1. The van der Waals surface area contributed by atoms with Gasteiger partial charge < -0.3 is 14.6 Å². The number of aromatic nitrogens is 2. The molecule has 1 aromatic heterocycles. The minimum Gasteiger partial charge on any atom is -0.497 e. The highest BCUT2D eigenvalue weighted by molar-refractivity contribution is 8.00. The monoisotopic (exact) mass is 361 g/mol. The Labute approximate surface area is 153 Å². The van der Waals surface area contributed by atoms with Crippen molar-refractivity contribution < 1.29 is 9.53 Å². The molecule has 0 unspecified atom stereocenters. The standard InChI is InChI=1S/C19H27N3O2S/c1-12(2)17(18(23)22-10-6-5-7-13(22)3)25-19-20-15-9-8-14(24-4)11-16(15)21-19/h8-9,11-13,17H,5-7,10H2,1-4H3,(H,20,21)/t13-,17-/m1/s1. The van der Waals surface area contributed by atoms with Gasteiger partial charge in [-0.1, -0.05) is 25.6 Å². The van der Waals surface area contributed by atoms with Crippen molar-refractivity contribution in [2.75, 3.05) is 13.7 Å². The third kappa shape index (κ3) is 3.94. The largest absolute Gasteiger partial charge is 0.497 e. The van der Waals surface area contributed by atoms with Gasteiger partial charge in [-0.05, 0) is 44.2 Å². The highest BCUT2D eigenvalue weighted by Crippen LogP contribution is 2.31. The highest BCUT2D eigenvalue weighted by atomic mass is 32.2. The van der Waals surface area contributed by atoms with Crippen LogP contribution in [0.3, 0.4) is 0 Å². The molecule has 1 aromatic carbocycles. The lowest BCUT2D eigenvalue weighted by Gasteiger charge is -2.36. The number of carbonyl (C=O) groups excluding carboxylic acids is 1. The Balaban J connectivity index is 1.80. The lowest BCUT2D eigenvalue weighted by Crippen LogP contribution is -2.47. The van der Waals surface area contributed by atoms with E-state index in [0.717, 1.165) is 41.3 Å². The molecule has 2 heterocycles. The van der Waals surface area contributed by atoms with E-state index in [2.05, 4.69) is 35.6 Å². The summed E-state index contributed by atoms with van der Waals surface area (Å²) in [7, 11) is 1.65. The predicted octanol–water partition coefficient (Wildman–Crippen LogP) is 4.09. The van der Waals surface area contributed by atoms with E-state index in [1.54, 1.807) is 18.9 Å². The first kappa shape index (κ1) is 18.1. The fraction of sp³-hybridized carbons (Fsp3) is 0.579. The quantitative estimate of drug-likeness (QED) is 0.815. The topological polar surface area (TPSA) is 58.2 Å². The summed E-state index contributed by atoms with van der Waals surface area (Å²) < 4.78 is 5.26. The summed E-state index contributed by atoms with van der Waals surface area (Å²) >= 11 is 1.54. The number of methoxy groups -OCH3 is 1. The second-order valence-corrected chi connectivity index (χ2v) is 8.21. The molecule has 0 spiro atoms. The first-order chi connectivity index (χ1) is 12.0. The van der Waals surface area contributed by atoms with Crippen molar-refractivity contribution in [2.24, 2.45) is 5.92 Å². The Kier molecular flexibility index (Phi) is 5.57. The number of amides is 1. The summed E-state index contributed by atoms with van der Waals surface area (Å²) in [6.45, 7) is 7.25. The second-order valence-electron chi connectivity index (χ2n) is 7.08. The van der Waals surface area contributed by atoms with E-state index in [0.29, 0.717) is 6.04 Å². The number of nitrogens with zero attached hydrogens (tertiary/aromatic N) is 2. The summed E-state index contributed by atoms with van der Waals surface area (Å²) in [5.74, 6) is 1.28. The molecule has 136 valence electrons. The molecule has 1 aliphatic heterocycles. The van der Waals surface area contributed by atoms with Crippen LogP contribution in [-0.4, -0.2) is 45.7 Å². The Morgan fingerprint density at radius 1 is 1.40 bits per heavy atom. The van der Waals surface area contributed by atoms with Gasteiger partial charge in [-0.3, -0.25) is 4.79 Å². The molecule has 0 saturated carbocycles. The van der Waals surface area contributed by atoms with Gasteiger partial charge in [-0.2, -0.15) is 0 Å². The van der Waals surface area contributed by atoms with Gasteiger partial charge in [0.05, 0.1) is 23.4 Å². The number of hydrogen-bond acceptors (Lipinski definition) is 4. The first-order valence-electron chi connectivity index (χ1n) is 9.00. The third-order valence-electron chi connectivity index (χ3n) is 4.84.